The molecule has 0 radical (unpaired) electrons. The number of benzene rings is 3. The highest BCUT2D eigenvalue weighted by Gasteiger charge is 2.19. The number of carbonyl (C=O) groups excluding carboxylic acids is 1. The van der Waals surface area contributed by atoms with Crippen LogP contribution in [0.25, 0.3) is 21.9 Å². The van der Waals surface area contributed by atoms with Crippen molar-refractivity contribution in [1.29, 1.82) is 0 Å². The SMILES string of the molecule is Cc1ccccc1C(=O)c1cn(C)cc1-c1cccc2ccccc12. The number of aryl methyl sites for hydroxylation is 2. The highest BCUT2D eigenvalue weighted by molar-refractivity contribution is 6.15. The van der Waals surface area contributed by atoms with Gasteiger partial charge in [0.05, 0.1) is 0 Å². The fourth-order valence-electron chi connectivity index (χ4n) is 3.41. The molecule has 0 amide bonds. The van der Waals surface area contributed by atoms with Gasteiger partial charge in [-0.15, -0.1) is 0 Å². The van der Waals surface area contributed by atoms with Gasteiger partial charge in [0.25, 0.3) is 0 Å². The lowest BCUT2D eigenvalue weighted by Crippen LogP contribution is -2.04. The molecule has 0 unspecified atom stereocenters. The van der Waals surface area contributed by atoms with Crippen molar-refractivity contribution in [1.82, 2.24) is 4.57 Å². The molecule has 25 heavy (non-hydrogen) atoms. The van der Waals surface area contributed by atoms with E-state index in [4.69, 9.17) is 0 Å². The van der Waals surface area contributed by atoms with Gasteiger partial charge in [-0.05, 0) is 28.8 Å². The Hall–Kier alpha value is -3.13. The summed E-state index contributed by atoms with van der Waals surface area (Å²) in [6.45, 7) is 1.98. The van der Waals surface area contributed by atoms with Gasteiger partial charge >= 0.3 is 0 Å². The molecule has 3 aromatic carbocycles. The zero-order valence-electron chi connectivity index (χ0n) is 14.4. The van der Waals surface area contributed by atoms with Gasteiger partial charge in [0.2, 0.25) is 0 Å². The van der Waals surface area contributed by atoms with Gasteiger partial charge in [-0.1, -0.05) is 66.7 Å². The van der Waals surface area contributed by atoms with Crippen LogP contribution in [0.1, 0.15) is 21.5 Å². The fraction of sp³-hybridized carbons (Fsp3) is 0.0870. The van der Waals surface area contributed by atoms with Gasteiger partial charge in [0.1, 0.15) is 0 Å². The Bertz CT molecular complexity index is 1080. The quantitative estimate of drug-likeness (QED) is 0.463. The molecule has 4 aromatic rings. The maximum absolute atomic E-state index is 13.2. The molecule has 0 spiro atoms. The lowest BCUT2D eigenvalue weighted by Gasteiger charge is -2.09. The zero-order chi connectivity index (χ0) is 17.4. The molecule has 0 N–H and O–H groups in total. The van der Waals surface area contributed by atoms with Crippen LogP contribution in [0.2, 0.25) is 0 Å². The van der Waals surface area contributed by atoms with Gasteiger partial charge in [-0.2, -0.15) is 0 Å². The van der Waals surface area contributed by atoms with Gasteiger partial charge in [-0.3, -0.25) is 4.79 Å². The highest BCUT2D eigenvalue weighted by atomic mass is 16.1. The maximum atomic E-state index is 13.2. The second kappa shape index (κ2) is 6.06. The summed E-state index contributed by atoms with van der Waals surface area (Å²) < 4.78 is 1.96. The molecular formula is C23H19NO. The molecule has 0 bridgehead atoms. The molecule has 0 atom stereocenters. The predicted octanol–water partition coefficient (Wildman–Crippen LogP) is 5.38. The Morgan fingerprint density at radius 2 is 1.48 bits per heavy atom. The number of ketones is 1. The van der Waals surface area contributed by atoms with Gasteiger partial charge in [0.15, 0.2) is 5.78 Å². The van der Waals surface area contributed by atoms with Crippen molar-refractivity contribution in [3.05, 3.63) is 95.8 Å². The lowest BCUT2D eigenvalue weighted by molar-refractivity contribution is 0.103. The van der Waals surface area contributed by atoms with E-state index in [9.17, 15) is 4.79 Å². The Morgan fingerprint density at radius 3 is 2.32 bits per heavy atom. The Morgan fingerprint density at radius 1 is 0.760 bits per heavy atom. The molecule has 122 valence electrons. The molecule has 0 saturated heterocycles. The van der Waals surface area contributed by atoms with Gasteiger partial charge in [-0.25, -0.2) is 0 Å². The summed E-state index contributed by atoms with van der Waals surface area (Å²) in [5, 5.41) is 2.34. The van der Waals surface area contributed by atoms with Crippen molar-refractivity contribution < 1.29 is 4.79 Å². The van der Waals surface area contributed by atoms with Crippen LogP contribution in [-0.4, -0.2) is 10.4 Å². The van der Waals surface area contributed by atoms with Crippen LogP contribution >= 0.6 is 0 Å². The summed E-state index contributed by atoms with van der Waals surface area (Å²) in [5.41, 5.74) is 4.58. The second-order valence-electron chi connectivity index (χ2n) is 6.42. The molecule has 0 aliphatic rings. The minimum Gasteiger partial charge on any atom is -0.356 e. The third kappa shape index (κ3) is 2.66. The van der Waals surface area contributed by atoms with E-state index in [-0.39, 0.29) is 5.78 Å². The van der Waals surface area contributed by atoms with Crippen molar-refractivity contribution in [2.24, 2.45) is 7.05 Å². The largest absolute Gasteiger partial charge is 0.356 e. The Labute approximate surface area is 147 Å². The van der Waals surface area contributed by atoms with E-state index in [1.807, 2.05) is 73.4 Å². The molecule has 1 aromatic heterocycles. The van der Waals surface area contributed by atoms with E-state index in [0.29, 0.717) is 0 Å². The van der Waals surface area contributed by atoms with Crippen molar-refractivity contribution >= 4 is 16.6 Å². The number of fused-ring (bicyclic) bond motifs is 1. The molecule has 4 rings (SSSR count). The van der Waals surface area contributed by atoms with Crippen molar-refractivity contribution in [3.63, 3.8) is 0 Å². The third-order valence-corrected chi connectivity index (χ3v) is 4.67. The number of hydrogen-bond acceptors (Lipinski definition) is 1. The number of nitrogens with zero attached hydrogens (tertiary/aromatic N) is 1. The lowest BCUT2D eigenvalue weighted by atomic mass is 9.93. The normalized spacial score (nSPS) is 11.0. The molecular weight excluding hydrogens is 306 g/mol. The minimum atomic E-state index is 0.0710. The van der Waals surface area contributed by atoms with E-state index in [2.05, 4.69) is 24.3 Å². The standard InChI is InChI=1S/C23H19NO/c1-16-8-3-5-11-18(16)23(25)22-15-24(2)14-21(22)20-13-7-10-17-9-4-6-12-19(17)20/h3-15H,1-2H3. The molecule has 0 fully saturated rings. The summed E-state index contributed by atoms with van der Waals surface area (Å²) in [5.74, 6) is 0.0710. The van der Waals surface area contributed by atoms with Crippen LogP contribution in [-0.2, 0) is 7.05 Å². The molecule has 2 nitrogen and oxygen atoms in total. The Kier molecular flexibility index (Phi) is 3.73. The van der Waals surface area contributed by atoms with E-state index in [1.165, 1.54) is 5.39 Å². The molecule has 0 aliphatic carbocycles. The smallest absolute Gasteiger partial charge is 0.195 e. The number of aromatic nitrogens is 1. The fourth-order valence-corrected chi connectivity index (χ4v) is 3.41. The van der Waals surface area contributed by atoms with Crippen LogP contribution in [0.15, 0.2) is 79.1 Å². The van der Waals surface area contributed by atoms with Crippen molar-refractivity contribution in [3.8, 4) is 11.1 Å². The number of hydrogen-bond donors (Lipinski definition) is 0. The molecule has 0 aliphatic heterocycles. The highest BCUT2D eigenvalue weighted by Crippen LogP contribution is 2.33. The van der Waals surface area contributed by atoms with Crippen molar-refractivity contribution in [2.45, 2.75) is 6.92 Å². The van der Waals surface area contributed by atoms with Crippen LogP contribution in [0.3, 0.4) is 0 Å². The van der Waals surface area contributed by atoms with Gasteiger partial charge < -0.3 is 4.57 Å². The summed E-state index contributed by atoms with van der Waals surface area (Å²) in [6.07, 6.45) is 3.96. The first-order valence-electron chi connectivity index (χ1n) is 8.39. The first-order valence-corrected chi connectivity index (χ1v) is 8.39. The predicted molar refractivity (Wildman–Crippen MR) is 103 cm³/mol. The van der Waals surface area contributed by atoms with E-state index in [0.717, 1.165) is 33.2 Å². The monoisotopic (exact) mass is 325 g/mol. The summed E-state index contributed by atoms with van der Waals surface area (Å²) in [4.78, 5) is 13.2. The van der Waals surface area contributed by atoms with E-state index in [1.54, 1.807) is 0 Å². The molecule has 2 heteroatoms. The summed E-state index contributed by atoms with van der Waals surface area (Å²) in [6, 6.07) is 22.3. The van der Waals surface area contributed by atoms with E-state index < -0.39 is 0 Å². The average Bonchev–Trinajstić information content (AvgIpc) is 3.02. The van der Waals surface area contributed by atoms with Gasteiger partial charge in [0, 0.05) is 36.1 Å². The maximum Gasteiger partial charge on any atom is 0.195 e. The minimum absolute atomic E-state index is 0.0710. The number of rotatable bonds is 3. The second-order valence-corrected chi connectivity index (χ2v) is 6.42. The van der Waals surface area contributed by atoms with Crippen molar-refractivity contribution in [2.75, 3.05) is 0 Å². The molecule has 1 heterocycles. The average molecular weight is 325 g/mol. The van der Waals surface area contributed by atoms with Crippen LogP contribution in [0, 0.1) is 6.92 Å². The van der Waals surface area contributed by atoms with Crippen LogP contribution in [0.5, 0.6) is 0 Å². The topological polar surface area (TPSA) is 22.0 Å². The van der Waals surface area contributed by atoms with E-state index >= 15 is 0 Å². The Balaban J connectivity index is 1.93. The van der Waals surface area contributed by atoms with Crippen LogP contribution < -0.4 is 0 Å². The zero-order valence-corrected chi connectivity index (χ0v) is 14.4. The molecule has 0 saturated carbocycles. The first kappa shape index (κ1) is 15.4. The third-order valence-electron chi connectivity index (χ3n) is 4.67. The first-order chi connectivity index (χ1) is 12.1. The number of carbonyl (C=O) groups is 1. The summed E-state index contributed by atoms with van der Waals surface area (Å²) in [7, 11) is 1.96. The summed E-state index contributed by atoms with van der Waals surface area (Å²) >= 11 is 0. The van der Waals surface area contributed by atoms with Crippen LogP contribution in [0.4, 0.5) is 0 Å².